The molecule has 2 rings (SSSR count). The van der Waals surface area contributed by atoms with Gasteiger partial charge in [0.05, 0.1) is 23.1 Å². The third-order valence-corrected chi connectivity index (χ3v) is 4.08. The van der Waals surface area contributed by atoms with Crippen molar-refractivity contribution in [1.29, 1.82) is 0 Å². The van der Waals surface area contributed by atoms with Gasteiger partial charge in [-0.15, -0.1) is 0 Å². The normalized spacial score (nSPS) is 16.9. The summed E-state index contributed by atoms with van der Waals surface area (Å²) >= 11 is 11.3. The first kappa shape index (κ1) is 19.1. The molecule has 0 amide bonds. The van der Waals surface area contributed by atoms with Crippen LogP contribution in [-0.4, -0.2) is 36.3 Å². The van der Waals surface area contributed by atoms with E-state index >= 15 is 0 Å². The molecule has 1 atom stereocenters. The Balaban J connectivity index is 2.44. The summed E-state index contributed by atoms with van der Waals surface area (Å²) in [6.07, 6.45) is 0. The van der Waals surface area contributed by atoms with Crippen molar-refractivity contribution in [3.05, 3.63) is 50.2 Å². The molecule has 134 valence electrons. The maximum absolute atomic E-state index is 12.5. The van der Waals surface area contributed by atoms with Crippen molar-refractivity contribution < 1.29 is 19.2 Å². The van der Waals surface area contributed by atoms with E-state index in [9.17, 15) is 14.9 Å². The maximum atomic E-state index is 12.5. The highest BCUT2D eigenvalue weighted by atomic mass is 35.5. The summed E-state index contributed by atoms with van der Waals surface area (Å²) in [5.74, 6) is -0.593. The van der Waals surface area contributed by atoms with E-state index in [1.54, 1.807) is 6.92 Å². The van der Waals surface area contributed by atoms with Gasteiger partial charge in [0, 0.05) is 35.5 Å². The molecule has 0 unspecified atom stereocenters. The number of esters is 1. The number of allylic oxidation sites excluding steroid dienone is 1. The standard InChI is InChI=1S/C15H16ClN3O5S/c1-8-12(14(20)24-6-5-23-2)13(18-15(25)17-8)10-7-9(19(21)22)3-4-11(10)16/h3-4,7,13H,5-6H2,1-2H3,(H2,17,18,25)/t13-/m0/s1. The SMILES string of the molecule is COCCOC(=O)C1=C(C)NC(=S)N[C@H]1c1cc([N+](=O)[O-])ccc1Cl. The van der Waals surface area contributed by atoms with Crippen LogP contribution in [0.3, 0.4) is 0 Å². The first-order valence-corrected chi connectivity index (χ1v) is 8.02. The minimum atomic E-state index is -0.767. The van der Waals surface area contributed by atoms with Crippen molar-refractivity contribution in [1.82, 2.24) is 10.6 Å². The number of carbonyl (C=O) groups excluding carboxylic acids is 1. The number of nitrogens with one attached hydrogen (secondary N) is 2. The zero-order valence-corrected chi connectivity index (χ0v) is 15.1. The van der Waals surface area contributed by atoms with Crippen LogP contribution in [-0.2, 0) is 14.3 Å². The van der Waals surface area contributed by atoms with Crippen LogP contribution < -0.4 is 10.6 Å². The molecule has 0 bridgehead atoms. The van der Waals surface area contributed by atoms with Gasteiger partial charge in [-0.05, 0) is 25.2 Å². The molecule has 0 saturated heterocycles. The summed E-state index contributed by atoms with van der Waals surface area (Å²) in [5.41, 5.74) is 0.944. The van der Waals surface area contributed by atoms with Crippen LogP contribution in [0, 0.1) is 10.1 Å². The Bertz CT molecular complexity index is 753. The van der Waals surface area contributed by atoms with Crippen molar-refractivity contribution >= 4 is 40.6 Å². The van der Waals surface area contributed by atoms with Crippen molar-refractivity contribution in [3.63, 3.8) is 0 Å². The average Bonchev–Trinajstić information content (AvgIpc) is 2.54. The average molecular weight is 386 g/mol. The monoisotopic (exact) mass is 385 g/mol. The van der Waals surface area contributed by atoms with E-state index in [-0.39, 0.29) is 34.6 Å². The van der Waals surface area contributed by atoms with Crippen LogP contribution in [0.4, 0.5) is 5.69 Å². The molecular weight excluding hydrogens is 370 g/mol. The summed E-state index contributed by atoms with van der Waals surface area (Å²) in [6, 6.07) is 3.24. The van der Waals surface area contributed by atoms with E-state index in [1.807, 2.05) is 0 Å². The van der Waals surface area contributed by atoms with E-state index in [4.69, 9.17) is 33.3 Å². The summed E-state index contributed by atoms with van der Waals surface area (Å²) < 4.78 is 10.0. The highest BCUT2D eigenvalue weighted by Crippen LogP contribution is 2.34. The number of thiocarbonyl (C=S) groups is 1. The minimum Gasteiger partial charge on any atom is -0.460 e. The van der Waals surface area contributed by atoms with Crippen LogP contribution in [0.15, 0.2) is 29.5 Å². The maximum Gasteiger partial charge on any atom is 0.338 e. The number of ether oxygens (including phenoxy) is 2. The molecule has 0 fully saturated rings. The number of benzene rings is 1. The number of rotatable bonds is 6. The van der Waals surface area contributed by atoms with Crippen molar-refractivity contribution in [2.45, 2.75) is 13.0 Å². The highest BCUT2D eigenvalue weighted by Gasteiger charge is 2.33. The molecule has 1 aromatic rings. The smallest absolute Gasteiger partial charge is 0.338 e. The number of methoxy groups -OCH3 is 1. The Morgan fingerprint density at radius 1 is 1.44 bits per heavy atom. The van der Waals surface area contributed by atoms with Crippen molar-refractivity contribution in [2.75, 3.05) is 20.3 Å². The van der Waals surface area contributed by atoms with Gasteiger partial charge in [-0.2, -0.15) is 0 Å². The Morgan fingerprint density at radius 2 is 2.16 bits per heavy atom. The van der Waals surface area contributed by atoms with Crippen molar-refractivity contribution in [3.8, 4) is 0 Å². The predicted molar refractivity (Wildman–Crippen MR) is 95.3 cm³/mol. The van der Waals surface area contributed by atoms with Crippen LogP contribution in [0.2, 0.25) is 5.02 Å². The Kier molecular flexibility index (Phi) is 6.29. The fourth-order valence-electron chi connectivity index (χ4n) is 2.36. The van der Waals surface area contributed by atoms with Gasteiger partial charge >= 0.3 is 5.97 Å². The van der Waals surface area contributed by atoms with E-state index in [2.05, 4.69) is 10.6 Å². The third kappa shape index (κ3) is 4.44. The second-order valence-electron chi connectivity index (χ2n) is 5.16. The number of nitro groups is 1. The molecule has 1 aliphatic heterocycles. The largest absolute Gasteiger partial charge is 0.460 e. The number of nitro benzene ring substituents is 1. The van der Waals surface area contributed by atoms with Crippen LogP contribution in [0.1, 0.15) is 18.5 Å². The van der Waals surface area contributed by atoms with Gasteiger partial charge < -0.3 is 20.1 Å². The lowest BCUT2D eigenvalue weighted by Crippen LogP contribution is -2.45. The summed E-state index contributed by atoms with van der Waals surface area (Å²) in [7, 11) is 1.49. The summed E-state index contributed by atoms with van der Waals surface area (Å²) in [4.78, 5) is 23.0. The van der Waals surface area contributed by atoms with Crippen LogP contribution in [0.5, 0.6) is 0 Å². The topological polar surface area (TPSA) is 103 Å². The quantitative estimate of drug-likeness (QED) is 0.253. The molecule has 8 nitrogen and oxygen atoms in total. The van der Waals surface area contributed by atoms with Gasteiger partial charge in [0.1, 0.15) is 6.61 Å². The van der Waals surface area contributed by atoms with E-state index in [1.165, 1.54) is 25.3 Å². The second-order valence-corrected chi connectivity index (χ2v) is 5.98. The van der Waals surface area contributed by atoms with Gasteiger partial charge in [-0.1, -0.05) is 11.6 Å². The lowest BCUT2D eigenvalue weighted by molar-refractivity contribution is -0.384. The molecule has 0 saturated carbocycles. The van der Waals surface area contributed by atoms with Gasteiger partial charge in [-0.25, -0.2) is 4.79 Å². The first-order valence-electron chi connectivity index (χ1n) is 7.23. The molecule has 1 aliphatic rings. The molecule has 1 heterocycles. The lowest BCUT2D eigenvalue weighted by atomic mass is 9.95. The molecule has 25 heavy (non-hydrogen) atoms. The number of carbonyl (C=O) groups is 1. The van der Waals surface area contributed by atoms with Gasteiger partial charge in [0.2, 0.25) is 0 Å². The molecule has 0 aromatic heterocycles. The second kappa shape index (κ2) is 8.24. The van der Waals surface area contributed by atoms with Gasteiger partial charge in [0.15, 0.2) is 5.11 Å². The zero-order chi connectivity index (χ0) is 18.6. The number of nitrogens with zero attached hydrogens (tertiary/aromatic N) is 1. The summed E-state index contributed by atoms with van der Waals surface area (Å²) in [5, 5.41) is 17.4. The third-order valence-electron chi connectivity index (χ3n) is 3.51. The molecule has 2 N–H and O–H groups in total. The molecular formula is C15H16ClN3O5S. The molecule has 0 radical (unpaired) electrons. The molecule has 1 aromatic carbocycles. The van der Waals surface area contributed by atoms with E-state index in [0.29, 0.717) is 11.3 Å². The minimum absolute atomic E-state index is 0.0753. The summed E-state index contributed by atoms with van der Waals surface area (Å²) in [6.45, 7) is 1.99. The van der Waals surface area contributed by atoms with Crippen LogP contribution in [0.25, 0.3) is 0 Å². The van der Waals surface area contributed by atoms with Gasteiger partial charge in [0.25, 0.3) is 5.69 Å². The molecule has 0 aliphatic carbocycles. The predicted octanol–water partition coefficient (Wildman–Crippen LogP) is 2.23. The number of non-ortho nitro benzene ring substituents is 1. The number of hydrogen-bond donors (Lipinski definition) is 2. The molecule has 10 heteroatoms. The lowest BCUT2D eigenvalue weighted by Gasteiger charge is -2.30. The fraction of sp³-hybridized carbons (Fsp3) is 0.333. The van der Waals surface area contributed by atoms with E-state index in [0.717, 1.165) is 0 Å². The zero-order valence-electron chi connectivity index (χ0n) is 13.5. The Morgan fingerprint density at radius 3 is 2.80 bits per heavy atom. The van der Waals surface area contributed by atoms with E-state index < -0.39 is 16.9 Å². The highest BCUT2D eigenvalue weighted by molar-refractivity contribution is 7.80. The number of hydrogen-bond acceptors (Lipinski definition) is 6. The van der Waals surface area contributed by atoms with Gasteiger partial charge in [-0.3, -0.25) is 10.1 Å². The van der Waals surface area contributed by atoms with Crippen molar-refractivity contribution in [2.24, 2.45) is 0 Å². The molecule has 0 spiro atoms. The first-order chi connectivity index (χ1) is 11.8. The Hall–Kier alpha value is -2.23. The fourth-order valence-corrected chi connectivity index (χ4v) is 2.86. The number of halogens is 1. The van der Waals surface area contributed by atoms with Crippen LogP contribution >= 0.6 is 23.8 Å². The Labute approximate surface area is 154 Å².